The Kier molecular flexibility index (Phi) is 7.80. The average Bonchev–Trinajstić information content (AvgIpc) is 2.94. The first-order valence-electron chi connectivity index (χ1n) is 12.8. The molecule has 0 spiro atoms. The molecule has 2 aliphatic heterocycles. The second kappa shape index (κ2) is 10.9. The van der Waals surface area contributed by atoms with Gasteiger partial charge in [-0.1, -0.05) is 12.1 Å². The van der Waals surface area contributed by atoms with Gasteiger partial charge in [0.05, 0.1) is 23.8 Å². The zero-order chi connectivity index (χ0) is 29.9. The highest BCUT2D eigenvalue weighted by Crippen LogP contribution is 2.42. The molecule has 0 unspecified atom stereocenters. The minimum Gasteiger partial charge on any atom is -0.507 e. The van der Waals surface area contributed by atoms with Crippen LogP contribution in [0.1, 0.15) is 44.3 Å². The molecule has 0 aromatic heterocycles. The number of benzene rings is 2. The topological polar surface area (TPSA) is 233 Å². The molecule has 41 heavy (non-hydrogen) atoms. The molecular weight excluding hydrogens is 548 g/mol. The van der Waals surface area contributed by atoms with Crippen molar-refractivity contribution >= 4 is 11.6 Å². The molecule has 0 amide bonds. The van der Waals surface area contributed by atoms with Crippen LogP contribution in [0.3, 0.4) is 0 Å². The monoisotopic (exact) mass is 578 g/mol. The first kappa shape index (κ1) is 29.3. The Morgan fingerprint density at radius 1 is 0.829 bits per heavy atom. The number of hydrogen-bond acceptors (Lipinski definition) is 14. The van der Waals surface area contributed by atoms with Crippen LogP contribution in [-0.2, 0) is 14.2 Å². The number of phenols is 2. The largest absolute Gasteiger partial charge is 0.507 e. The Morgan fingerprint density at radius 2 is 1.54 bits per heavy atom. The fourth-order valence-corrected chi connectivity index (χ4v) is 5.21. The van der Waals surface area contributed by atoms with E-state index in [1.165, 1.54) is 32.0 Å². The van der Waals surface area contributed by atoms with Crippen molar-refractivity contribution in [1.29, 1.82) is 0 Å². The van der Waals surface area contributed by atoms with Gasteiger partial charge in [-0.05, 0) is 26.0 Å². The number of carbonyl (C=O) groups excluding carboxylic acids is 2. The smallest absolute Gasteiger partial charge is 0.229 e. The van der Waals surface area contributed by atoms with E-state index in [4.69, 9.17) is 18.9 Å². The SMILES string of the molecule is Cc1c(O[C@@H]2O[C@H](CO)[C@@H](O)[C@H](O)[C@H]2O[C@@H]2O[C@@H](C)[C@H](O)[C@@H](O)[C@H]2O)cc2c(c1O)C(=O)c1c(O)cccc1C2=O. The Balaban J connectivity index is 1.50. The van der Waals surface area contributed by atoms with Crippen molar-refractivity contribution in [1.82, 2.24) is 0 Å². The molecule has 2 fully saturated rings. The lowest BCUT2D eigenvalue weighted by molar-refractivity contribution is -0.354. The zero-order valence-electron chi connectivity index (χ0n) is 21.8. The molecule has 10 atom stereocenters. The van der Waals surface area contributed by atoms with Crippen molar-refractivity contribution < 1.29 is 69.4 Å². The second-order valence-corrected chi connectivity index (χ2v) is 10.2. The van der Waals surface area contributed by atoms with Crippen molar-refractivity contribution in [2.24, 2.45) is 0 Å². The number of hydrogen-bond donors (Lipinski definition) is 8. The first-order chi connectivity index (χ1) is 19.4. The lowest BCUT2D eigenvalue weighted by Crippen LogP contribution is -2.64. The van der Waals surface area contributed by atoms with Crippen LogP contribution in [0, 0.1) is 6.92 Å². The van der Waals surface area contributed by atoms with Gasteiger partial charge in [0.2, 0.25) is 12.1 Å². The number of aromatic hydroxyl groups is 2. The average molecular weight is 579 g/mol. The highest BCUT2D eigenvalue weighted by Gasteiger charge is 2.51. The van der Waals surface area contributed by atoms with Gasteiger partial charge in [-0.15, -0.1) is 0 Å². The molecule has 0 bridgehead atoms. The third-order valence-corrected chi connectivity index (χ3v) is 7.66. The standard InChI is InChI=1S/C27H30O14/c1-8-13(6-11-16(17(8)30)21(34)15-10(19(11)32)4-3-5-12(15)29)39-27-25(23(36)20(33)14(7-28)40-27)41-26-24(37)22(35)18(31)9(2)38-26/h3-6,9,14,18,20,22-31,33,35-37H,7H2,1-2H3/t9-,14+,18-,20+,22+,23-,24+,25+,26-,27+/m0/s1. The molecule has 2 saturated heterocycles. The van der Waals surface area contributed by atoms with E-state index in [9.17, 15) is 50.4 Å². The van der Waals surface area contributed by atoms with Gasteiger partial charge in [0, 0.05) is 16.7 Å². The van der Waals surface area contributed by atoms with E-state index in [2.05, 4.69) is 0 Å². The minimum atomic E-state index is -1.80. The predicted molar refractivity (Wildman–Crippen MR) is 133 cm³/mol. The summed E-state index contributed by atoms with van der Waals surface area (Å²) in [5.41, 5.74) is -0.976. The van der Waals surface area contributed by atoms with Crippen molar-refractivity contribution in [2.45, 2.75) is 75.3 Å². The third kappa shape index (κ3) is 4.76. The number of ether oxygens (including phenoxy) is 4. The summed E-state index contributed by atoms with van der Waals surface area (Å²) >= 11 is 0. The van der Waals surface area contributed by atoms with Gasteiger partial charge >= 0.3 is 0 Å². The third-order valence-electron chi connectivity index (χ3n) is 7.66. The lowest BCUT2D eigenvalue weighted by atomic mass is 9.82. The van der Waals surface area contributed by atoms with Crippen LogP contribution in [0.25, 0.3) is 0 Å². The minimum absolute atomic E-state index is 0.0339. The van der Waals surface area contributed by atoms with E-state index in [1.807, 2.05) is 0 Å². The number of aliphatic hydroxyl groups is 6. The van der Waals surface area contributed by atoms with Crippen LogP contribution in [0.5, 0.6) is 17.2 Å². The molecule has 2 aromatic rings. The molecule has 14 heteroatoms. The van der Waals surface area contributed by atoms with Crippen molar-refractivity contribution in [3.63, 3.8) is 0 Å². The molecule has 0 radical (unpaired) electrons. The summed E-state index contributed by atoms with van der Waals surface area (Å²) in [5, 5.41) is 82.7. The van der Waals surface area contributed by atoms with E-state index in [0.29, 0.717) is 0 Å². The number of carbonyl (C=O) groups is 2. The Labute approximate surface area is 232 Å². The summed E-state index contributed by atoms with van der Waals surface area (Å²) in [6, 6.07) is 5.13. The quantitative estimate of drug-likeness (QED) is 0.167. The van der Waals surface area contributed by atoms with Crippen LogP contribution in [0.15, 0.2) is 24.3 Å². The number of ketones is 2. The van der Waals surface area contributed by atoms with Gasteiger partial charge in [-0.25, -0.2) is 0 Å². The molecule has 2 aromatic carbocycles. The predicted octanol–water partition coefficient (Wildman–Crippen LogP) is -1.79. The highest BCUT2D eigenvalue weighted by atomic mass is 16.8. The molecule has 2 heterocycles. The molecule has 0 saturated carbocycles. The van der Waals surface area contributed by atoms with Crippen LogP contribution in [-0.4, -0.2) is 120 Å². The van der Waals surface area contributed by atoms with E-state index in [0.717, 1.165) is 6.07 Å². The second-order valence-electron chi connectivity index (χ2n) is 10.2. The van der Waals surface area contributed by atoms with Gasteiger partial charge in [-0.3, -0.25) is 9.59 Å². The van der Waals surface area contributed by atoms with Crippen molar-refractivity contribution in [3.05, 3.63) is 52.1 Å². The zero-order valence-corrected chi connectivity index (χ0v) is 21.8. The van der Waals surface area contributed by atoms with Gasteiger partial charge in [0.25, 0.3) is 0 Å². The Hall–Kier alpha value is -3.18. The summed E-state index contributed by atoms with van der Waals surface area (Å²) in [4.78, 5) is 26.4. The van der Waals surface area contributed by atoms with Crippen LogP contribution >= 0.6 is 0 Å². The van der Waals surface area contributed by atoms with E-state index < -0.39 is 91.1 Å². The highest BCUT2D eigenvalue weighted by molar-refractivity contribution is 6.30. The van der Waals surface area contributed by atoms with Gasteiger partial charge < -0.3 is 59.8 Å². The fourth-order valence-electron chi connectivity index (χ4n) is 5.21. The van der Waals surface area contributed by atoms with Crippen molar-refractivity contribution in [2.75, 3.05) is 6.61 Å². The molecule has 5 rings (SSSR count). The van der Waals surface area contributed by atoms with Crippen LogP contribution < -0.4 is 4.74 Å². The van der Waals surface area contributed by atoms with E-state index in [-0.39, 0.29) is 33.6 Å². The van der Waals surface area contributed by atoms with Crippen molar-refractivity contribution in [3.8, 4) is 17.2 Å². The van der Waals surface area contributed by atoms with Crippen LogP contribution in [0.2, 0.25) is 0 Å². The van der Waals surface area contributed by atoms with Gasteiger partial charge in [-0.2, -0.15) is 0 Å². The maximum absolute atomic E-state index is 13.3. The normalized spacial score (nSPS) is 35.1. The maximum Gasteiger partial charge on any atom is 0.229 e. The Morgan fingerprint density at radius 3 is 2.22 bits per heavy atom. The number of fused-ring (bicyclic) bond motifs is 2. The summed E-state index contributed by atoms with van der Waals surface area (Å²) < 4.78 is 22.6. The molecular formula is C27H30O14. The summed E-state index contributed by atoms with van der Waals surface area (Å²) in [5.74, 6) is -2.71. The van der Waals surface area contributed by atoms with E-state index in [1.54, 1.807) is 0 Å². The molecule has 1 aliphatic carbocycles. The first-order valence-corrected chi connectivity index (χ1v) is 12.8. The molecule has 14 nitrogen and oxygen atoms in total. The fraction of sp³-hybridized carbons (Fsp3) is 0.481. The summed E-state index contributed by atoms with van der Waals surface area (Å²) in [6.45, 7) is 2.02. The molecule has 3 aliphatic rings. The number of phenolic OH excluding ortho intramolecular Hbond substituents is 2. The number of aliphatic hydroxyl groups excluding tert-OH is 6. The maximum atomic E-state index is 13.3. The molecule has 8 N–H and O–H groups in total. The van der Waals surface area contributed by atoms with Crippen LogP contribution in [0.4, 0.5) is 0 Å². The number of rotatable bonds is 5. The van der Waals surface area contributed by atoms with Gasteiger partial charge in [0.1, 0.15) is 53.9 Å². The molecule has 222 valence electrons. The Bertz CT molecular complexity index is 1360. The van der Waals surface area contributed by atoms with Gasteiger partial charge in [0.15, 0.2) is 18.2 Å². The van der Waals surface area contributed by atoms with E-state index >= 15 is 0 Å². The lowest BCUT2D eigenvalue weighted by Gasteiger charge is -2.45. The summed E-state index contributed by atoms with van der Waals surface area (Å²) in [7, 11) is 0. The summed E-state index contributed by atoms with van der Waals surface area (Å²) in [6.07, 6.45) is -15.7.